The van der Waals surface area contributed by atoms with Gasteiger partial charge in [-0.15, -0.1) is 0 Å². The van der Waals surface area contributed by atoms with Crippen LogP contribution in [-0.4, -0.2) is 20.0 Å². The van der Waals surface area contributed by atoms with Crippen LogP contribution in [0, 0.1) is 0 Å². The van der Waals surface area contributed by atoms with Crippen LogP contribution in [0.15, 0.2) is 36.4 Å². The fourth-order valence-electron chi connectivity index (χ4n) is 1.83. The highest BCUT2D eigenvalue weighted by Crippen LogP contribution is 2.29. The summed E-state index contributed by atoms with van der Waals surface area (Å²) in [6, 6.07) is 9.69. The molecule has 0 N–H and O–H groups in total. The number of rotatable bonds is 4. The van der Waals surface area contributed by atoms with Crippen molar-refractivity contribution in [3.05, 3.63) is 57.6 Å². The highest BCUT2D eigenvalue weighted by Gasteiger charge is 2.14. The number of hydrogen-bond acceptors (Lipinski definition) is 3. The maximum atomic E-state index is 12.4. The van der Waals surface area contributed by atoms with Crippen LogP contribution >= 0.6 is 23.2 Å². The van der Waals surface area contributed by atoms with Crippen LogP contribution in [0.2, 0.25) is 10.0 Å². The number of ketones is 1. The number of hydrogen-bond donors (Lipinski definition) is 0. The van der Waals surface area contributed by atoms with Gasteiger partial charge in [-0.3, -0.25) is 4.79 Å². The normalized spacial score (nSPS) is 10.2. The van der Waals surface area contributed by atoms with Crippen molar-refractivity contribution in [1.29, 1.82) is 0 Å². The zero-order chi connectivity index (χ0) is 14.7. The summed E-state index contributed by atoms with van der Waals surface area (Å²) < 4.78 is 10.3. The third kappa shape index (κ3) is 3.06. The van der Waals surface area contributed by atoms with E-state index in [-0.39, 0.29) is 5.78 Å². The van der Waals surface area contributed by atoms with Crippen LogP contribution in [0.25, 0.3) is 0 Å². The first kappa shape index (κ1) is 14.7. The monoisotopic (exact) mass is 310 g/mol. The van der Waals surface area contributed by atoms with Gasteiger partial charge in [0.05, 0.1) is 14.2 Å². The zero-order valence-electron chi connectivity index (χ0n) is 10.9. The molecule has 0 aromatic heterocycles. The third-order valence-electron chi connectivity index (χ3n) is 2.77. The molecular formula is C15H12Cl2O3. The van der Waals surface area contributed by atoms with Gasteiger partial charge in [-0.2, -0.15) is 0 Å². The van der Waals surface area contributed by atoms with Crippen molar-refractivity contribution < 1.29 is 14.3 Å². The Labute approximate surface area is 127 Å². The molecule has 5 heteroatoms. The first-order valence-electron chi connectivity index (χ1n) is 5.78. The Hall–Kier alpha value is -1.71. The van der Waals surface area contributed by atoms with Gasteiger partial charge in [-0.05, 0) is 36.4 Å². The van der Waals surface area contributed by atoms with E-state index in [9.17, 15) is 4.79 Å². The molecule has 0 heterocycles. The van der Waals surface area contributed by atoms with Gasteiger partial charge in [-0.25, -0.2) is 0 Å². The number of halogens is 2. The third-order valence-corrected chi connectivity index (χ3v) is 3.21. The van der Waals surface area contributed by atoms with E-state index in [0.29, 0.717) is 32.7 Å². The summed E-state index contributed by atoms with van der Waals surface area (Å²) >= 11 is 11.8. The number of methoxy groups -OCH3 is 2. The molecule has 0 saturated heterocycles. The molecule has 104 valence electrons. The molecule has 20 heavy (non-hydrogen) atoms. The van der Waals surface area contributed by atoms with Gasteiger partial charge in [-0.1, -0.05) is 23.2 Å². The largest absolute Gasteiger partial charge is 0.493 e. The topological polar surface area (TPSA) is 35.5 Å². The number of carbonyl (C=O) groups is 1. The lowest BCUT2D eigenvalue weighted by atomic mass is 10.0. The fraction of sp³-hybridized carbons (Fsp3) is 0.133. The molecule has 2 aromatic rings. The Balaban J connectivity index is 2.42. The lowest BCUT2D eigenvalue weighted by molar-refractivity contribution is 0.103. The Kier molecular flexibility index (Phi) is 4.53. The Morgan fingerprint density at radius 3 is 2.00 bits per heavy atom. The van der Waals surface area contributed by atoms with Crippen molar-refractivity contribution in [2.45, 2.75) is 0 Å². The molecule has 0 atom stereocenters. The summed E-state index contributed by atoms with van der Waals surface area (Å²) in [5, 5.41) is 0.836. The Bertz CT molecular complexity index is 633. The molecular weight excluding hydrogens is 299 g/mol. The van der Waals surface area contributed by atoms with Crippen LogP contribution in [0.1, 0.15) is 15.9 Å². The molecule has 0 radical (unpaired) electrons. The zero-order valence-corrected chi connectivity index (χ0v) is 12.5. The van der Waals surface area contributed by atoms with E-state index in [2.05, 4.69) is 0 Å². The molecule has 0 saturated carbocycles. The van der Waals surface area contributed by atoms with Gasteiger partial charge in [0.2, 0.25) is 0 Å². The number of carbonyl (C=O) groups excluding carboxylic acids is 1. The second kappa shape index (κ2) is 6.16. The molecule has 0 aliphatic heterocycles. The summed E-state index contributed by atoms with van der Waals surface area (Å²) in [5.41, 5.74) is 0.899. The minimum Gasteiger partial charge on any atom is -0.493 e. The first-order valence-corrected chi connectivity index (χ1v) is 6.53. The van der Waals surface area contributed by atoms with Crippen molar-refractivity contribution >= 4 is 29.0 Å². The molecule has 0 aliphatic carbocycles. The minimum atomic E-state index is -0.185. The van der Waals surface area contributed by atoms with E-state index in [1.54, 1.807) is 36.4 Å². The predicted octanol–water partition coefficient (Wildman–Crippen LogP) is 4.24. The van der Waals surface area contributed by atoms with E-state index in [1.165, 1.54) is 14.2 Å². The van der Waals surface area contributed by atoms with Crippen LogP contribution in [0.3, 0.4) is 0 Å². The SMILES string of the molecule is COc1ccc(C(=O)c2cc(Cl)cc(Cl)c2)cc1OC. The van der Waals surface area contributed by atoms with Gasteiger partial charge >= 0.3 is 0 Å². The van der Waals surface area contributed by atoms with Crippen molar-refractivity contribution in [2.24, 2.45) is 0 Å². The van der Waals surface area contributed by atoms with E-state index in [1.807, 2.05) is 0 Å². The molecule has 3 nitrogen and oxygen atoms in total. The maximum absolute atomic E-state index is 12.4. The van der Waals surface area contributed by atoms with Gasteiger partial charge in [0, 0.05) is 21.2 Å². The average molecular weight is 311 g/mol. The molecule has 2 aromatic carbocycles. The second-order valence-electron chi connectivity index (χ2n) is 4.06. The van der Waals surface area contributed by atoms with Crippen molar-refractivity contribution in [3.8, 4) is 11.5 Å². The van der Waals surface area contributed by atoms with E-state index >= 15 is 0 Å². The van der Waals surface area contributed by atoms with Crippen molar-refractivity contribution in [2.75, 3.05) is 14.2 Å². The van der Waals surface area contributed by atoms with Crippen LogP contribution in [0.4, 0.5) is 0 Å². The lowest BCUT2D eigenvalue weighted by Crippen LogP contribution is -2.02. The average Bonchev–Trinajstić information content (AvgIpc) is 2.44. The molecule has 0 fully saturated rings. The van der Waals surface area contributed by atoms with Gasteiger partial charge in [0.25, 0.3) is 0 Å². The summed E-state index contributed by atoms with van der Waals surface area (Å²) in [4.78, 5) is 12.4. The van der Waals surface area contributed by atoms with Gasteiger partial charge in [0.1, 0.15) is 0 Å². The van der Waals surface area contributed by atoms with Crippen LogP contribution in [0.5, 0.6) is 11.5 Å². The van der Waals surface area contributed by atoms with Crippen molar-refractivity contribution in [1.82, 2.24) is 0 Å². The molecule has 0 amide bonds. The quantitative estimate of drug-likeness (QED) is 0.792. The van der Waals surface area contributed by atoms with Crippen LogP contribution < -0.4 is 9.47 Å². The summed E-state index contributed by atoms with van der Waals surface area (Å²) in [5.74, 6) is 0.870. The molecule has 0 aliphatic rings. The smallest absolute Gasteiger partial charge is 0.193 e. The predicted molar refractivity (Wildman–Crippen MR) is 79.4 cm³/mol. The molecule has 0 unspecified atom stereocenters. The number of benzene rings is 2. The molecule has 0 spiro atoms. The standard InChI is InChI=1S/C15H12Cl2O3/c1-19-13-4-3-9(7-14(13)20-2)15(18)10-5-11(16)8-12(17)6-10/h3-8H,1-2H3. The van der Waals surface area contributed by atoms with E-state index in [0.717, 1.165) is 0 Å². The summed E-state index contributed by atoms with van der Waals surface area (Å²) in [7, 11) is 3.05. The lowest BCUT2D eigenvalue weighted by Gasteiger charge is -2.09. The highest BCUT2D eigenvalue weighted by atomic mass is 35.5. The Morgan fingerprint density at radius 1 is 0.850 bits per heavy atom. The highest BCUT2D eigenvalue weighted by molar-refractivity contribution is 6.35. The first-order chi connectivity index (χ1) is 9.55. The van der Waals surface area contributed by atoms with E-state index in [4.69, 9.17) is 32.7 Å². The van der Waals surface area contributed by atoms with Gasteiger partial charge in [0.15, 0.2) is 17.3 Å². The second-order valence-corrected chi connectivity index (χ2v) is 4.93. The molecule has 2 rings (SSSR count). The maximum Gasteiger partial charge on any atom is 0.193 e. The fourth-order valence-corrected chi connectivity index (χ4v) is 2.36. The number of ether oxygens (including phenoxy) is 2. The Morgan fingerprint density at radius 2 is 1.45 bits per heavy atom. The minimum absolute atomic E-state index is 0.185. The summed E-state index contributed by atoms with van der Waals surface area (Å²) in [6.07, 6.45) is 0. The van der Waals surface area contributed by atoms with Crippen molar-refractivity contribution in [3.63, 3.8) is 0 Å². The van der Waals surface area contributed by atoms with Crippen LogP contribution in [-0.2, 0) is 0 Å². The molecule has 0 bridgehead atoms. The van der Waals surface area contributed by atoms with Gasteiger partial charge < -0.3 is 9.47 Å². The van der Waals surface area contributed by atoms with E-state index < -0.39 is 0 Å². The summed E-state index contributed by atoms with van der Waals surface area (Å²) in [6.45, 7) is 0.